The van der Waals surface area contributed by atoms with E-state index in [0.717, 1.165) is 11.1 Å². The fraction of sp³-hybridized carbons (Fsp3) is 0.333. The Morgan fingerprint density at radius 2 is 1.09 bits per heavy atom. The minimum atomic E-state index is -0.309. The molecule has 0 fully saturated rings. The Labute approximate surface area is 195 Å². The van der Waals surface area contributed by atoms with Gasteiger partial charge in [0.05, 0.1) is 0 Å². The van der Waals surface area contributed by atoms with Crippen molar-refractivity contribution in [2.24, 2.45) is 0 Å². The molecule has 0 saturated carbocycles. The van der Waals surface area contributed by atoms with Crippen molar-refractivity contribution in [2.45, 2.75) is 59.3 Å². The van der Waals surface area contributed by atoms with Gasteiger partial charge in [-0.2, -0.15) is 4.98 Å². The molecule has 172 valence electrons. The standard InChI is InChI=1S/C27H32N4O2/c1-17-16-22(29-23(32)18-8-12-20(13-9-18)26(2,3)4)30-25(28-17)31-24(33)19-10-14-21(15-11-19)27(5,6)7/h8-16H,1-7H3,(H2,28,29,30,31,32,33). The second-order valence-electron chi connectivity index (χ2n) is 10.3. The summed E-state index contributed by atoms with van der Waals surface area (Å²) in [6, 6.07) is 16.6. The zero-order valence-corrected chi connectivity index (χ0v) is 20.4. The fourth-order valence-corrected chi connectivity index (χ4v) is 3.29. The summed E-state index contributed by atoms with van der Waals surface area (Å²) < 4.78 is 0. The number of anilines is 2. The van der Waals surface area contributed by atoms with Crippen molar-refractivity contribution < 1.29 is 9.59 Å². The van der Waals surface area contributed by atoms with Crippen LogP contribution in [0.2, 0.25) is 0 Å². The van der Waals surface area contributed by atoms with Crippen LogP contribution in [0.4, 0.5) is 11.8 Å². The van der Waals surface area contributed by atoms with Crippen LogP contribution in [-0.2, 0) is 10.8 Å². The van der Waals surface area contributed by atoms with Gasteiger partial charge >= 0.3 is 0 Å². The van der Waals surface area contributed by atoms with E-state index in [-0.39, 0.29) is 28.6 Å². The molecule has 1 aromatic heterocycles. The third-order valence-corrected chi connectivity index (χ3v) is 5.35. The van der Waals surface area contributed by atoms with E-state index < -0.39 is 0 Å². The molecular formula is C27H32N4O2. The molecule has 3 aromatic rings. The van der Waals surface area contributed by atoms with Crippen molar-refractivity contribution in [3.05, 3.63) is 82.5 Å². The molecular weight excluding hydrogens is 412 g/mol. The molecule has 2 amide bonds. The first kappa shape index (κ1) is 24.1. The highest BCUT2D eigenvalue weighted by atomic mass is 16.2. The van der Waals surface area contributed by atoms with Crippen molar-refractivity contribution in [3.8, 4) is 0 Å². The summed E-state index contributed by atoms with van der Waals surface area (Å²) in [5.74, 6) is -0.122. The van der Waals surface area contributed by atoms with Gasteiger partial charge in [0.1, 0.15) is 5.82 Å². The smallest absolute Gasteiger partial charge is 0.258 e. The van der Waals surface area contributed by atoms with E-state index in [9.17, 15) is 9.59 Å². The molecule has 33 heavy (non-hydrogen) atoms. The predicted molar refractivity (Wildman–Crippen MR) is 133 cm³/mol. The topological polar surface area (TPSA) is 84.0 Å². The lowest BCUT2D eigenvalue weighted by Gasteiger charge is -2.19. The van der Waals surface area contributed by atoms with Crippen LogP contribution < -0.4 is 10.6 Å². The van der Waals surface area contributed by atoms with E-state index in [1.807, 2.05) is 24.3 Å². The highest BCUT2D eigenvalue weighted by Crippen LogP contribution is 2.23. The van der Waals surface area contributed by atoms with E-state index in [0.29, 0.717) is 22.6 Å². The van der Waals surface area contributed by atoms with Gasteiger partial charge in [-0.05, 0) is 53.1 Å². The Morgan fingerprint density at radius 1 is 0.667 bits per heavy atom. The van der Waals surface area contributed by atoms with Crippen LogP contribution in [0.5, 0.6) is 0 Å². The molecule has 6 nitrogen and oxygen atoms in total. The second kappa shape index (κ2) is 9.14. The number of nitrogens with one attached hydrogen (secondary N) is 2. The molecule has 1 heterocycles. The summed E-state index contributed by atoms with van der Waals surface area (Å²) in [6.07, 6.45) is 0. The van der Waals surface area contributed by atoms with Gasteiger partial charge in [-0.25, -0.2) is 4.98 Å². The van der Waals surface area contributed by atoms with Crippen molar-refractivity contribution in [1.82, 2.24) is 9.97 Å². The van der Waals surface area contributed by atoms with Gasteiger partial charge in [0.25, 0.3) is 11.8 Å². The Bertz CT molecular complexity index is 1060. The SMILES string of the molecule is Cc1cc(NC(=O)c2ccc(C(C)(C)C)cc2)nc(NC(=O)c2ccc(C(C)(C)C)cc2)n1. The molecule has 0 aliphatic rings. The molecule has 3 rings (SSSR count). The number of carbonyl (C=O) groups is 2. The van der Waals surface area contributed by atoms with E-state index in [1.54, 1.807) is 37.3 Å². The summed E-state index contributed by atoms with van der Waals surface area (Å²) in [7, 11) is 0. The van der Waals surface area contributed by atoms with E-state index >= 15 is 0 Å². The molecule has 0 spiro atoms. The Kier molecular flexibility index (Phi) is 6.68. The quantitative estimate of drug-likeness (QED) is 0.526. The Hall–Kier alpha value is -3.54. The zero-order valence-electron chi connectivity index (χ0n) is 20.4. The van der Waals surface area contributed by atoms with Crippen LogP contribution >= 0.6 is 0 Å². The number of aromatic nitrogens is 2. The summed E-state index contributed by atoms with van der Waals surface area (Å²) >= 11 is 0. The van der Waals surface area contributed by atoms with Crippen molar-refractivity contribution in [1.29, 1.82) is 0 Å². The minimum absolute atomic E-state index is 0.00876. The van der Waals surface area contributed by atoms with Crippen molar-refractivity contribution in [2.75, 3.05) is 10.6 Å². The van der Waals surface area contributed by atoms with Crippen molar-refractivity contribution >= 4 is 23.6 Å². The number of carbonyl (C=O) groups excluding carboxylic acids is 2. The first-order chi connectivity index (χ1) is 15.3. The third kappa shape index (κ3) is 6.25. The highest BCUT2D eigenvalue weighted by Gasteiger charge is 2.17. The molecule has 0 radical (unpaired) electrons. The van der Waals surface area contributed by atoms with Gasteiger partial charge in [0.15, 0.2) is 0 Å². The number of nitrogens with zero attached hydrogens (tertiary/aromatic N) is 2. The monoisotopic (exact) mass is 444 g/mol. The number of hydrogen-bond acceptors (Lipinski definition) is 4. The average molecular weight is 445 g/mol. The van der Waals surface area contributed by atoms with Crippen LogP contribution in [0, 0.1) is 6.92 Å². The summed E-state index contributed by atoms with van der Waals surface area (Å²) in [6.45, 7) is 14.5. The van der Waals surface area contributed by atoms with Gasteiger partial charge < -0.3 is 5.32 Å². The second-order valence-corrected chi connectivity index (χ2v) is 10.3. The Morgan fingerprint density at radius 3 is 1.52 bits per heavy atom. The van der Waals surface area contributed by atoms with Gasteiger partial charge in [0, 0.05) is 22.9 Å². The van der Waals surface area contributed by atoms with Crippen LogP contribution in [0.3, 0.4) is 0 Å². The predicted octanol–water partition coefficient (Wildman–Crippen LogP) is 5.88. The molecule has 2 N–H and O–H groups in total. The minimum Gasteiger partial charge on any atom is -0.306 e. The lowest BCUT2D eigenvalue weighted by Crippen LogP contribution is -2.18. The maximum Gasteiger partial charge on any atom is 0.258 e. The number of benzene rings is 2. The molecule has 6 heteroatoms. The van der Waals surface area contributed by atoms with Crippen LogP contribution in [0.25, 0.3) is 0 Å². The number of rotatable bonds is 4. The normalized spacial score (nSPS) is 11.7. The summed E-state index contributed by atoms with van der Waals surface area (Å²) in [4.78, 5) is 34.0. The van der Waals surface area contributed by atoms with Gasteiger partial charge in [-0.3, -0.25) is 14.9 Å². The zero-order chi connectivity index (χ0) is 24.4. The van der Waals surface area contributed by atoms with E-state index in [1.165, 1.54) is 0 Å². The number of amides is 2. The van der Waals surface area contributed by atoms with Crippen LogP contribution in [0.1, 0.15) is 79.1 Å². The highest BCUT2D eigenvalue weighted by molar-refractivity contribution is 6.05. The lowest BCUT2D eigenvalue weighted by molar-refractivity contribution is 0.101. The van der Waals surface area contributed by atoms with Crippen molar-refractivity contribution in [3.63, 3.8) is 0 Å². The number of aryl methyl sites for hydroxylation is 1. The lowest BCUT2D eigenvalue weighted by atomic mass is 9.86. The first-order valence-corrected chi connectivity index (χ1v) is 11.0. The summed E-state index contributed by atoms with van der Waals surface area (Å²) in [5, 5.41) is 5.52. The molecule has 0 aliphatic carbocycles. The van der Waals surface area contributed by atoms with Gasteiger partial charge in [0.2, 0.25) is 5.95 Å². The van der Waals surface area contributed by atoms with Gasteiger partial charge in [-0.1, -0.05) is 65.8 Å². The molecule has 0 aliphatic heterocycles. The summed E-state index contributed by atoms with van der Waals surface area (Å²) in [5.41, 5.74) is 3.99. The van der Waals surface area contributed by atoms with Crippen LogP contribution in [-0.4, -0.2) is 21.8 Å². The van der Waals surface area contributed by atoms with Gasteiger partial charge in [-0.15, -0.1) is 0 Å². The molecule has 0 atom stereocenters. The Balaban J connectivity index is 1.72. The molecule has 0 saturated heterocycles. The van der Waals surface area contributed by atoms with E-state index in [2.05, 4.69) is 62.1 Å². The maximum absolute atomic E-state index is 12.7. The van der Waals surface area contributed by atoms with E-state index in [4.69, 9.17) is 0 Å². The largest absolute Gasteiger partial charge is 0.306 e. The fourth-order valence-electron chi connectivity index (χ4n) is 3.29. The first-order valence-electron chi connectivity index (χ1n) is 11.0. The number of hydrogen-bond donors (Lipinski definition) is 2. The molecule has 0 unspecified atom stereocenters. The maximum atomic E-state index is 12.7. The molecule has 0 bridgehead atoms. The third-order valence-electron chi connectivity index (χ3n) is 5.35. The van der Waals surface area contributed by atoms with Crippen LogP contribution in [0.15, 0.2) is 54.6 Å². The average Bonchev–Trinajstić information content (AvgIpc) is 2.72. The molecule has 2 aromatic carbocycles.